The Morgan fingerprint density at radius 3 is 2.13 bits per heavy atom. The van der Waals surface area contributed by atoms with Gasteiger partial charge in [0, 0.05) is 6.54 Å². The molecule has 1 atom stereocenters. The van der Waals surface area contributed by atoms with Crippen molar-refractivity contribution in [3.05, 3.63) is 0 Å². The van der Waals surface area contributed by atoms with E-state index < -0.39 is 17.4 Å². The van der Waals surface area contributed by atoms with E-state index in [0.29, 0.717) is 0 Å². The van der Waals surface area contributed by atoms with Crippen LogP contribution >= 0.6 is 0 Å². The summed E-state index contributed by atoms with van der Waals surface area (Å²) in [5.74, 6) is -1.50. The first kappa shape index (κ1) is 13.9. The molecule has 88 valence electrons. The molecule has 0 aromatic carbocycles. The van der Waals surface area contributed by atoms with Crippen molar-refractivity contribution in [3.63, 3.8) is 0 Å². The second-order valence-corrected chi connectivity index (χ2v) is 4.62. The van der Waals surface area contributed by atoms with Gasteiger partial charge in [-0.2, -0.15) is 0 Å². The minimum absolute atomic E-state index is 0.153. The molecule has 0 aromatic rings. The normalized spacial score (nSPS) is 13.7. The molecule has 0 spiro atoms. The maximum atomic E-state index is 11.7. The van der Waals surface area contributed by atoms with E-state index in [1.54, 1.807) is 27.7 Å². The lowest BCUT2D eigenvalue weighted by Crippen LogP contribution is -2.50. The number of aliphatic carboxylic acids is 1. The van der Waals surface area contributed by atoms with Crippen LogP contribution < -0.4 is 11.1 Å². The maximum Gasteiger partial charge on any atom is 0.326 e. The first-order chi connectivity index (χ1) is 6.72. The van der Waals surface area contributed by atoms with Crippen LogP contribution in [0.5, 0.6) is 0 Å². The van der Waals surface area contributed by atoms with Crippen LogP contribution in [0.2, 0.25) is 0 Å². The number of carbonyl (C=O) groups is 2. The predicted octanol–water partition coefficient (Wildman–Crippen LogP) is 0.197. The van der Waals surface area contributed by atoms with Gasteiger partial charge in [-0.3, -0.25) is 4.79 Å². The molecule has 0 saturated carbocycles. The lowest BCUT2D eigenvalue weighted by Gasteiger charge is -2.25. The van der Waals surface area contributed by atoms with E-state index in [9.17, 15) is 9.59 Å². The molecule has 5 nitrogen and oxygen atoms in total. The molecule has 5 heteroatoms. The van der Waals surface area contributed by atoms with Gasteiger partial charge in [0.05, 0.1) is 5.41 Å². The van der Waals surface area contributed by atoms with Crippen LogP contribution in [-0.4, -0.2) is 29.6 Å². The number of hydrogen-bond acceptors (Lipinski definition) is 3. The number of carboxylic acids is 1. The van der Waals surface area contributed by atoms with Crippen molar-refractivity contribution >= 4 is 11.9 Å². The number of nitrogens with one attached hydrogen (secondary N) is 1. The van der Waals surface area contributed by atoms with E-state index in [1.165, 1.54) is 0 Å². The molecule has 0 aliphatic rings. The minimum atomic E-state index is -1.02. The molecule has 0 radical (unpaired) electrons. The summed E-state index contributed by atoms with van der Waals surface area (Å²) in [6.45, 7) is 7.04. The SMILES string of the molecule is CC(C)[C@@H](NC(=O)C(C)(C)CN)C(=O)O. The van der Waals surface area contributed by atoms with Gasteiger partial charge in [0.25, 0.3) is 0 Å². The summed E-state index contributed by atoms with van der Waals surface area (Å²) in [7, 11) is 0. The van der Waals surface area contributed by atoms with Crippen LogP contribution in [-0.2, 0) is 9.59 Å². The monoisotopic (exact) mass is 216 g/mol. The number of amides is 1. The molecular formula is C10H20N2O3. The zero-order chi connectivity index (χ0) is 12.2. The first-order valence-electron chi connectivity index (χ1n) is 4.96. The summed E-state index contributed by atoms with van der Waals surface area (Å²) < 4.78 is 0. The van der Waals surface area contributed by atoms with Gasteiger partial charge in [-0.15, -0.1) is 0 Å². The maximum absolute atomic E-state index is 11.7. The van der Waals surface area contributed by atoms with E-state index in [4.69, 9.17) is 10.8 Å². The topological polar surface area (TPSA) is 92.4 Å². The highest BCUT2D eigenvalue weighted by atomic mass is 16.4. The second-order valence-electron chi connectivity index (χ2n) is 4.62. The Bertz CT molecular complexity index is 249. The third-order valence-electron chi connectivity index (χ3n) is 2.34. The van der Waals surface area contributed by atoms with Crippen molar-refractivity contribution in [1.82, 2.24) is 5.32 Å². The molecule has 0 rings (SSSR count). The van der Waals surface area contributed by atoms with Crippen LogP contribution in [0, 0.1) is 11.3 Å². The number of rotatable bonds is 5. The third kappa shape index (κ3) is 3.87. The van der Waals surface area contributed by atoms with Crippen LogP contribution in [0.25, 0.3) is 0 Å². The van der Waals surface area contributed by atoms with Crippen molar-refractivity contribution in [3.8, 4) is 0 Å². The fraction of sp³-hybridized carbons (Fsp3) is 0.800. The summed E-state index contributed by atoms with van der Waals surface area (Å²) in [4.78, 5) is 22.5. The van der Waals surface area contributed by atoms with Crippen molar-refractivity contribution in [2.75, 3.05) is 6.54 Å². The number of carbonyl (C=O) groups excluding carboxylic acids is 1. The second kappa shape index (κ2) is 5.11. The molecule has 0 aliphatic heterocycles. The van der Waals surface area contributed by atoms with Crippen molar-refractivity contribution in [2.45, 2.75) is 33.7 Å². The predicted molar refractivity (Wildman–Crippen MR) is 57.2 cm³/mol. The Labute approximate surface area is 90.0 Å². The van der Waals surface area contributed by atoms with Gasteiger partial charge in [0.1, 0.15) is 6.04 Å². The Balaban J connectivity index is 4.57. The Kier molecular flexibility index (Phi) is 4.74. The van der Waals surface area contributed by atoms with Crippen molar-refractivity contribution in [2.24, 2.45) is 17.1 Å². The van der Waals surface area contributed by atoms with E-state index in [-0.39, 0.29) is 18.4 Å². The van der Waals surface area contributed by atoms with E-state index in [1.807, 2.05) is 0 Å². The van der Waals surface area contributed by atoms with Gasteiger partial charge in [-0.05, 0) is 19.8 Å². The van der Waals surface area contributed by atoms with Crippen LogP contribution in [0.4, 0.5) is 0 Å². The van der Waals surface area contributed by atoms with Gasteiger partial charge in [0.15, 0.2) is 0 Å². The molecule has 15 heavy (non-hydrogen) atoms. The summed E-state index contributed by atoms with van der Waals surface area (Å²) in [5, 5.41) is 11.4. The van der Waals surface area contributed by atoms with Crippen molar-refractivity contribution < 1.29 is 14.7 Å². The fourth-order valence-corrected chi connectivity index (χ4v) is 0.943. The number of carboxylic acid groups (broad SMARTS) is 1. The van der Waals surface area contributed by atoms with Crippen LogP contribution in [0.1, 0.15) is 27.7 Å². The number of nitrogens with two attached hydrogens (primary N) is 1. The highest BCUT2D eigenvalue weighted by Gasteiger charge is 2.31. The highest BCUT2D eigenvalue weighted by molar-refractivity contribution is 5.87. The molecular weight excluding hydrogens is 196 g/mol. The fourth-order valence-electron chi connectivity index (χ4n) is 0.943. The molecule has 1 amide bonds. The summed E-state index contributed by atoms with van der Waals surface area (Å²) in [6, 6.07) is -0.858. The van der Waals surface area contributed by atoms with E-state index in [0.717, 1.165) is 0 Å². The lowest BCUT2D eigenvalue weighted by molar-refractivity contribution is -0.144. The minimum Gasteiger partial charge on any atom is -0.480 e. The Morgan fingerprint density at radius 2 is 1.87 bits per heavy atom. The summed E-state index contributed by atoms with van der Waals surface area (Å²) in [5.41, 5.74) is 4.69. The Hall–Kier alpha value is -1.10. The molecule has 0 aromatic heterocycles. The number of hydrogen-bond donors (Lipinski definition) is 3. The average molecular weight is 216 g/mol. The largest absolute Gasteiger partial charge is 0.480 e. The van der Waals surface area contributed by atoms with Crippen LogP contribution in [0.15, 0.2) is 0 Å². The van der Waals surface area contributed by atoms with Gasteiger partial charge >= 0.3 is 5.97 Å². The van der Waals surface area contributed by atoms with Crippen LogP contribution in [0.3, 0.4) is 0 Å². The summed E-state index contributed by atoms with van der Waals surface area (Å²) in [6.07, 6.45) is 0. The highest BCUT2D eigenvalue weighted by Crippen LogP contribution is 2.14. The quantitative estimate of drug-likeness (QED) is 0.612. The molecule has 0 aliphatic carbocycles. The average Bonchev–Trinajstić information content (AvgIpc) is 2.12. The van der Waals surface area contributed by atoms with Gasteiger partial charge in [0.2, 0.25) is 5.91 Å². The standard InChI is InChI=1S/C10H20N2O3/c1-6(2)7(8(13)14)12-9(15)10(3,4)5-11/h6-7H,5,11H2,1-4H3,(H,12,15)(H,13,14)/t7-/m1/s1. The zero-order valence-corrected chi connectivity index (χ0v) is 9.70. The van der Waals surface area contributed by atoms with Gasteiger partial charge < -0.3 is 16.2 Å². The van der Waals surface area contributed by atoms with Crippen molar-refractivity contribution in [1.29, 1.82) is 0 Å². The molecule has 0 heterocycles. The molecule has 0 saturated heterocycles. The molecule has 0 bridgehead atoms. The zero-order valence-electron chi connectivity index (χ0n) is 9.70. The third-order valence-corrected chi connectivity index (χ3v) is 2.34. The summed E-state index contributed by atoms with van der Waals surface area (Å²) >= 11 is 0. The van der Waals surface area contributed by atoms with Gasteiger partial charge in [-0.1, -0.05) is 13.8 Å². The smallest absolute Gasteiger partial charge is 0.326 e. The van der Waals surface area contributed by atoms with E-state index in [2.05, 4.69) is 5.32 Å². The van der Waals surface area contributed by atoms with E-state index >= 15 is 0 Å². The van der Waals surface area contributed by atoms with Gasteiger partial charge in [-0.25, -0.2) is 4.79 Å². The molecule has 0 unspecified atom stereocenters. The Morgan fingerprint density at radius 1 is 1.40 bits per heavy atom. The molecule has 4 N–H and O–H groups in total. The lowest BCUT2D eigenvalue weighted by atomic mass is 9.91. The molecule has 0 fully saturated rings. The first-order valence-corrected chi connectivity index (χ1v) is 4.96.